The third kappa shape index (κ3) is 1.65. The van der Waals surface area contributed by atoms with E-state index in [-0.39, 0.29) is 0 Å². The van der Waals surface area contributed by atoms with Gasteiger partial charge in [-0.15, -0.1) is 0 Å². The Kier molecular flexibility index (Phi) is 2.83. The molecule has 0 bridgehead atoms. The molecule has 0 radical (unpaired) electrons. The second-order valence-electron chi connectivity index (χ2n) is 4.00. The summed E-state index contributed by atoms with van der Waals surface area (Å²) in [6, 6.07) is 2.71. The van der Waals surface area contributed by atoms with Gasteiger partial charge in [0, 0.05) is 5.56 Å². The van der Waals surface area contributed by atoms with Gasteiger partial charge >= 0.3 is 5.97 Å². The van der Waals surface area contributed by atoms with Crippen LogP contribution >= 0.6 is 0 Å². The van der Waals surface area contributed by atoms with Crippen molar-refractivity contribution in [2.45, 2.75) is 25.3 Å². The number of benzene rings is 1. The van der Waals surface area contributed by atoms with Crippen LogP contribution in [0.1, 0.15) is 29.2 Å². The molecular weight excluding hydrogens is 206 g/mol. The Hall–Kier alpha value is -1.55. The molecule has 0 fully saturated rings. The van der Waals surface area contributed by atoms with Crippen LogP contribution in [0.5, 0.6) is 5.75 Å². The summed E-state index contributed by atoms with van der Waals surface area (Å²) in [4.78, 5) is 10.9. The van der Waals surface area contributed by atoms with E-state index >= 15 is 0 Å². The molecule has 0 amide bonds. The topological polar surface area (TPSA) is 72.5 Å². The number of carboxylic acids is 1. The molecule has 86 valence electrons. The van der Waals surface area contributed by atoms with E-state index in [4.69, 9.17) is 15.6 Å². The second-order valence-corrected chi connectivity index (χ2v) is 4.00. The maximum absolute atomic E-state index is 10.9. The zero-order chi connectivity index (χ0) is 11.7. The molecular formula is C12H15NO3. The second kappa shape index (κ2) is 4.14. The van der Waals surface area contributed by atoms with Gasteiger partial charge < -0.3 is 15.6 Å². The SMILES string of the molecule is COc1c(C(N)C(=O)O)ccc2c1CCC2. The van der Waals surface area contributed by atoms with Gasteiger partial charge in [-0.05, 0) is 30.4 Å². The largest absolute Gasteiger partial charge is 0.496 e. The van der Waals surface area contributed by atoms with Gasteiger partial charge in [0.25, 0.3) is 0 Å². The normalized spacial score (nSPS) is 15.6. The Bertz CT molecular complexity index is 429. The van der Waals surface area contributed by atoms with E-state index in [1.165, 1.54) is 5.56 Å². The van der Waals surface area contributed by atoms with Gasteiger partial charge in [-0.3, -0.25) is 4.79 Å². The van der Waals surface area contributed by atoms with E-state index in [0.717, 1.165) is 24.8 Å². The van der Waals surface area contributed by atoms with Crippen LogP contribution < -0.4 is 10.5 Å². The minimum absolute atomic E-state index is 0.565. The van der Waals surface area contributed by atoms with E-state index in [2.05, 4.69) is 0 Å². The molecule has 4 nitrogen and oxygen atoms in total. The van der Waals surface area contributed by atoms with Crippen molar-refractivity contribution in [3.8, 4) is 5.75 Å². The molecule has 0 aliphatic heterocycles. The van der Waals surface area contributed by atoms with Crippen LogP contribution in [0.25, 0.3) is 0 Å². The molecule has 1 aromatic rings. The Morgan fingerprint density at radius 3 is 2.88 bits per heavy atom. The number of nitrogens with two attached hydrogens (primary N) is 1. The third-order valence-electron chi connectivity index (χ3n) is 3.07. The van der Waals surface area contributed by atoms with E-state index in [1.54, 1.807) is 13.2 Å². The Labute approximate surface area is 94.0 Å². The predicted octanol–water partition coefficient (Wildman–Crippen LogP) is 1.27. The summed E-state index contributed by atoms with van der Waals surface area (Å²) in [7, 11) is 1.56. The van der Waals surface area contributed by atoms with E-state index < -0.39 is 12.0 Å². The number of aliphatic carboxylic acids is 1. The average Bonchev–Trinajstić information content (AvgIpc) is 2.74. The van der Waals surface area contributed by atoms with Crippen LogP contribution in [0.3, 0.4) is 0 Å². The summed E-state index contributed by atoms with van der Waals surface area (Å²) in [6.07, 6.45) is 3.07. The fourth-order valence-electron chi connectivity index (χ4n) is 2.27. The van der Waals surface area contributed by atoms with Gasteiger partial charge in [0.2, 0.25) is 0 Å². The summed E-state index contributed by atoms with van der Waals surface area (Å²) >= 11 is 0. The number of carboxylic acid groups (broad SMARTS) is 1. The lowest BCUT2D eigenvalue weighted by Gasteiger charge is -2.15. The number of ether oxygens (including phenoxy) is 1. The molecule has 1 unspecified atom stereocenters. The summed E-state index contributed by atoms with van der Waals surface area (Å²) in [5.41, 5.74) is 8.56. The van der Waals surface area contributed by atoms with Gasteiger partial charge in [0.1, 0.15) is 11.8 Å². The molecule has 0 aromatic heterocycles. The minimum atomic E-state index is -1.03. The predicted molar refractivity (Wildman–Crippen MR) is 59.6 cm³/mol. The highest BCUT2D eigenvalue weighted by Gasteiger charge is 2.24. The molecule has 3 N–H and O–H groups in total. The quantitative estimate of drug-likeness (QED) is 0.806. The average molecular weight is 221 g/mol. The van der Waals surface area contributed by atoms with E-state index in [9.17, 15) is 4.79 Å². The molecule has 0 heterocycles. The van der Waals surface area contributed by atoms with Crippen LogP contribution in [0.4, 0.5) is 0 Å². The molecule has 4 heteroatoms. The highest BCUT2D eigenvalue weighted by atomic mass is 16.5. The van der Waals surface area contributed by atoms with Crippen molar-refractivity contribution in [1.29, 1.82) is 0 Å². The highest BCUT2D eigenvalue weighted by molar-refractivity contribution is 5.77. The highest BCUT2D eigenvalue weighted by Crippen LogP contribution is 2.35. The molecule has 0 saturated carbocycles. The van der Waals surface area contributed by atoms with Crippen molar-refractivity contribution in [1.82, 2.24) is 0 Å². The van der Waals surface area contributed by atoms with Crippen LogP contribution in [0.2, 0.25) is 0 Å². The number of methoxy groups -OCH3 is 1. The van der Waals surface area contributed by atoms with Crippen molar-refractivity contribution in [3.63, 3.8) is 0 Å². The first-order chi connectivity index (χ1) is 7.65. The molecule has 0 spiro atoms. The Balaban J connectivity index is 2.50. The monoisotopic (exact) mass is 221 g/mol. The number of rotatable bonds is 3. The minimum Gasteiger partial charge on any atom is -0.496 e. The fraction of sp³-hybridized carbons (Fsp3) is 0.417. The first-order valence-electron chi connectivity index (χ1n) is 5.32. The summed E-state index contributed by atoms with van der Waals surface area (Å²) in [5.74, 6) is -0.374. The molecule has 2 rings (SSSR count). The molecule has 1 aromatic carbocycles. The standard InChI is InChI=1S/C12H15NO3/c1-16-11-8-4-2-3-7(8)5-6-9(11)10(13)12(14)15/h5-6,10H,2-4,13H2,1H3,(H,14,15). The molecule has 1 aliphatic carbocycles. The summed E-state index contributed by atoms with van der Waals surface area (Å²) in [6.45, 7) is 0. The van der Waals surface area contributed by atoms with Gasteiger partial charge in [-0.1, -0.05) is 12.1 Å². The summed E-state index contributed by atoms with van der Waals surface area (Å²) in [5, 5.41) is 8.92. The van der Waals surface area contributed by atoms with Crippen LogP contribution in [-0.2, 0) is 17.6 Å². The maximum atomic E-state index is 10.9. The number of hydrogen-bond acceptors (Lipinski definition) is 3. The third-order valence-corrected chi connectivity index (χ3v) is 3.07. The van der Waals surface area contributed by atoms with Gasteiger partial charge in [-0.25, -0.2) is 0 Å². The maximum Gasteiger partial charge on any atom is 0.325 e. The number of aryl methyl sites for hydroxylation is 1. The zero-order valence-electron chi connectivity index (χ0n) is 9.19. The Morgan fingerprint density at radius 1 is 1.50 bits per heavy atom. The lowest BCUT2D eigenvalue weighted by molar-refractivity contribution is -0.138. The first-order valence-corrected chi connectivity index (χ1v) is 5.32. The number of fused-ring (bicyclic) bond motifs is 1. The van der Waals surface area contributed by atoms with Crippen LogP contribution in [-0.4, -0.2) is 18.2 Å². The molecule has 0 saturated heterocycles. The first kappa shape index (κ1) is 11.0. The fourth-order valence-corrected chi connectivity index (χ4v) is 2.27. The van der Waals surface area contributed by atoms with E-state index in [1.807, 2.05) is 6.07 Å². The van der Waals surface area contributed by atoms with Crippen molar-refractivity contribution in [3.05, 3.63) is 28.8 Å². The van der Waals surface area contributed by atoms with Gasteiger partial charge in [-0.2, -0.15) is 0 Å². The lowest BCUT2D eigenvalue weighted by Crippen LogP contribution is -2.21. The van der Waals surface area contributed by atoms with Crippen molar-refractivity contribution < 1.29 is 14.6 Å². The van der Waals surface area contributed by atoms with Gasteiger partial charge in [0.05, 0.1) is 7.11 Å². The van der Waals surface area contributed by atoms with Crippen molar-refractivity contribution in [2.75, 3.05) is 7.11 Å². The summed E-state index contributed by atoms with van der Waals surface area (Å²) < 4.78 is 5.32. The molecule has 1 aliphatic rings. The number of carbonyl (C=O) groups is 1. The lowest BCUT2D eigenvalue weighted by atomic mass is 9.99. The van der Waals surface area contributed by atoms with Crippen LogP contribution in [0.15, 0.2) is 12.1 Å². The Morgan fingerprint density at radius 2 is 2.25 bits per heavy atom. The van der Waals surface area contributed by atoms with Crippen molar-refractivity contribution in [2.24, 2.45) is 5.73 Å². The molecule has 16 heavy (non-hydrogen) atoms. The smallest absolute Gasteiger partial charge is 0.325 e. The zero-order valence-corrected chi connectivity index (χ0v) is 9.19. The van der Waals surface area contributed by atoms with Gasteiger partial charge in [0.15, 0.2) is 0 Å². The number of hydrogen-bond donors (Lipinski definition) is 2. The molecule has 1 atom stereocenters. The van der Waals surface area contributed by atoms with Crippen LogP contribution in [0, 0.1) is 0 Å². The van der Waals surface area contributed by atoms with Crippen molar-refractivity contribution >= 4 is 5.97 Å². The van der Waals surface area contributed by atoms with E-state index in [0.29, 0.717) is 11.3 Å².